The van der Waals surface area contributed by atoms with Crippen molar-refractivity contribution in [3.05, 3.63) is 121 Å². The van der Waals surface area contributed by atoms with Crippen molar-refractivity contribution in [2.75, 3.05) is 0 Å². The third-order valence-electron chi connectivity index (χ3n) is 3.99. The van der Waals surface area contributed by atoms with Crippen molar-refractivity contribution in [1.29, 1.82) is 0 Å². The highest BCUT2D eigenvalue weighted by Crippen LogP contribution is 2.30. The largest absolute Gasteiger partial charge is 0.0990 e. The van der Waals surface area contributed by atoms with E-state index in [2.05, 4.69) is 79.9 Å². The molecule has 0 aliphatic carbocycles. The fraction of sp³-hybridized carbons (Fsp3) is 0.0769. The van der Waals surface area contributed by atoms with Gasteiger partial charge in [0.15, 0.2) is 0 Å². The molecule has 0 aromatic heterocycles. The predicted molar refractivity (Wildman–Crippen MR) is 118 cm³/mol. The van der Waals surface area contributed by atoms with E-state index in [1.807, 2.05) is 44.2 Å². The van der Waals surface area contributed by atoms with E-state index in [1.165, 1.54) is 22.3 Å². The number of allylic oxidation sites excluding steroid dienone is 10. The Hall–Kier alpha value is -3.12. The molecular formula is C26H26. The molecular weight excluding hydrogens is 312 g/mol. The average Bonchev–Trinajstić information content (AvgIpc) is 2.68. The van der Waals surface area contributed by atoms with Crippen LogP contribution in [0.5, 0.6) is 0 Å². The van der Waals surface area contributed by atoms with Gasteiger partial charge in [-0.05, 0) is 65.4 Å². The van der Waals surface area contributed by atoms with Gasteiger partial charge in [0, 0.05) is 0 Å². The summed E-state index contributed by atoms with van der Waals surface area (Å²) in [6.45, 7) is 11.8. The Morgan fingerprint density at radius 1 is 0.692 bits per heavy atom. The lowest BCUT2D eigenvalue weighted by Gasteiger charge is -2.12. The smallest absolute Gasteiger partial charge is 0.0172 e. The van der Waals surface area contributed by atoms with Crippen LogP contribution in [0.1, 0.15) is 25.0 Å². The van der Waals surface area contributed by atoms with Crippen LogP contribution in [0.3, 0.4) is 0 Å². The molecule has 0 saturated carbocycles. The van der Waals surface area contributed by atoms with Gasteiger partial charge in [-0.1, -0.05) is 92.1 Å². The molecule has 2 aromatic rings. The minimum atomic E-state index is 1.14. The van der Waals surface area contributed by atoms with Gasteiger partial charge in [0.1, 0.15) is 0 Å². The first-order valence-electron chi connectivity index (χ1n) is 8.85. The summed E-state index contributed by atoms with van der Waals surface area (Å²) in [6, 6.07) is 17.1. The van der Waals surface area contributed by atoms with Crippen molar-refractivity contribution in [1.82, 2.24) is 0 Å². The monoisotopic (exact) mass is 338 g/mol. The molecule has 0 N–H and O–H groups in total. The van der Waals surface area contributed by atoms with Crippen LogP contribution in [0.4, 0.5) is 0 Å². The van der Waals surface area contributed by atoms with E-state index >= 15 is 0 Å². The lowest BCUT2D eigenvalue weighted by atomic mass is 9.92. The van der Waals surface area contributed by atoms with Gasteiger partial charge in [-0.3, -0.25) is 0 Å². The van der Waals surface area contributed by atoms with Crippen LogP contribution < -0.4 is 0 Å². The molecule has 0 bridgehead atoms. The first kappa shape index (κ1) is 19.2. The van der Waals surface area contributed by atoms with Gasteiger partial charge >= 0.3 is 0 Å². The molecule has 0 nitrogen and oxygen atoms in total. The van der Waals surface area contributed by atoms with Crippen molar-refractivity contribution in [2.24, 2.45) is 0 Å². The molecule has 0 saturated heterocycles. The Labute approximate surface area is 157 Å². The van der Waals surface area contributed by atoms with Crippen molar-refractivity contribution >= 4 is 11.1 Å². The zero-order chi connectivity index (χ0) is 18.8. The highest BCUT2D eigenvalue weighted by Gasteiger charge is 2.07. The van der Waals surface area contributed by atoms with Gasteiger partial charge in [-0.2, -0.15) is 0 Å². The molecule has 0 spiro atoms. The second kappa shape index (κ2) is 10.0. The van der Waals surface area contributed by atoms with Crippen LogP contribution in [0.25, 0.3) is 22.3 Å². The standard InChI is InChI=1S/C26H26/c1-5-12-21(13-6-2)24-18-25(22(14-7-3)15-8-4)20-26(19-24)23-16-10-9-11-17-23/h5-20H,1,3H2,2,4H3/b13-6-,15-8-,21-12+,22-14+. The van der Waals surface area contributed by atoms with Gasteiger partial charge in [-0.15, -0.1) is 0 Å². The van der Waals surface area contributed by atoms with Gasteiger partial charge in [-0.25, -0.2) is 0 Å². The molecule has 130 valence electrons. The molecule has 0 heterocycles. The summed E-state index contributed by atoms with van der Waals surface area (Å²) < 4.78 is 0. The lowest BCUT2D eigenvalue weighted by molar-refractivity contribution is 1.53. The Kier molecular flexibility index (Phi) is 7.39. The van der Waals surface area contributed by atoms with Crippen molar-refractivity contribution < 1.29 is 0 Å². The first-order valence-corrected chi connectivity index (χ1v) is 8.85. The summed E-state index contributed by atoms with van der Waals surface area (Å²) in [6.07, 6.45) is 16.1. The topological polar surface area (TPSA) is 0 Å². The third kappa shape index (κ3) is 4.94. The average molecular weight is 338 g/mol. The number of hydrogen-bond donors (Lipinski definition) is 0. The molecule has 0 radical (unpaired) electrons. The van der Waals surface area contributed by atoms with E-state index in [0.717, 1.165) is 11.1 Å². The second-order valence-electron chi connectivity index (χ2n) is 5.88. The fourth-order valence-corrected chi connectivity index (χ4v) is 2.87. The van der Waals surface area contributed by atoms with E-state index in [1.54, 1.807) is 0 Å². The third-order valence-corrected chi connectivity index (χ3v) is 3.99. The minimum Gasteiger partial charge on any atom is -0.0990 e. The zero-order valence-corrected chi connectivity index (χ0v) is 15.7. The van der Waals surface area contributed by atoms with E-state index in [9.17, 15) is 0 Å². The van der Waals surface area contributed by atoms with E-state index < -0.39 is 0 Å². The number of hydrogen-bond acceptors (Lipinski definition) is 0. The van der Waals surface area contributed by atoms with E-state index in [4.69, 9.17) is 0 Å². The van der Waals surface area contributed by atoms with Crippen LogP contribution in [0.2, 0.25) is 0 Å². The minimum absolute atomic E-state index is 1.14. The number of benzene rings is 2. The van der Waals surface area contributed by atoms with Crippen molar-refractivity contribution in [2.45, 2.75) is 13.8 Å². The SMILES string of the molecule is C=C/C=C(\C=C/C)c1cc(C(/C=C\C)=C/C=C)cc(-c2ccccc2)c1. The van der Waals surface area contributed by atoms with Crippen LogP contribution in [0, 0.1) is 0 Å². The van der Waals surface area contributed by atoms with Gasteiger partial charge in [0.05, 0.1) is 0 Å². The lowest BCUT2D eigenvalue weighted by Crippen LogP contribution is -1.90. The molecule has 26 heavy (non-hydrogen) atoms. The second-order valence-corrected chi connectivity index (χ2v) is 5.88. The molecule has 0 atom stereocenters. The zero-order valence-electron chi connectivity index (χ0n) is 15.7. The van der Waals surface area contributed by atoms with E-state index in [0.29, 0.717) is 0 Å². The van der Waals surface area contributed by atoms with Gasteiger partial charge < -0.3 is 0 Å². The number of rotatable bonds is 7. The van der Waals surface area contributed by atoms with Gasteiger partial charge in [0.2, 0.25) is 0 Å². The highest BCUT2D eigenvalue weighted by atomic mass is 14.1. The highest BCUT2D eigenvalue weighted by molar-refractivity contribution is 5.85. The summed E-state index contributed by atoms with van der Waals surface area (Å²) in [5.74, 6) is 0. The summed E-state index contributed by atoms with van der Waals surface area (Å²) in [7, 11) is 0. The van der Waals surface area contributed by atoms with Crippen LogP contribution in [-0.2, 0) is 0 Å². The molecule has 0 heteroatoms. The Morgan fingerprint density at radius 3 is 1.62 bits per heavy atom. The summed E-state index contributed by atoms with van der Waals surface area (Å²) in [4.78, 5) is 0. The summed E-state index contributed by atoms with van der Waals surface area (Å²) >= 11 is 0. The molecule has 0 fully saturated rings. The molecule has 2 aromatic carbocycles. The first-order chi connectivity index (χ1) is 12.7. The molecule has 0 unspecified atom stereocenters. The van der Waals surface area contributed by atoms with Crippen LogP contribution >= 0.6 is 0 Å². The maximum absolute atomic E-state index is 3.86. The predicted octanol–water partition coefficient (Wildman–Crippen LogP) is 7.64. The summed E-state index contributed by atoms with van der Waals surface area (Å²) in [5.41, 5.74) is 7.00. The van der Waals surface area contributed by atoms with E-state index in [-0.39, 0.29) is 0 Å². The molecule has 0 amide bonds. The maximum atomic E-state index is 3.86. The van der Waals surface area contributed by atoms with Crippen LogP contribution in [0.15, 0.2) is 110 Å². The maximum Gasteiger partial charge on any atom is -0.0172 e. The normalized spacial score (nSPS) is 12.7. The van der Waals surface area contributed by atoms with Crippen molar-refractivity contribution in [3.8, 4) is 11.1 Å². The van der Waals surface area contributed by atoms with Crippen LogP contribution in [-0.4, -0.2) is 0 Å². The Bertz CT molecular complexity index is 819. The van der Waals surface area contributed by atoms with Crippen molar-refractivity contribution in [3.63, 3.8) is 0 Å². The molecule has 0 aliphatic rings. The Balaban J connectivity index is 2.74. The summed E-state index contributed by atoms with van der Waals surface area (Å²) in [5, 5.41) is 0. The van der Waals surface area contributed by atoms with Gasteiger partial charge in [0.25, 0.3) is 0 Å². The molecule has 0 aliphatic heterocycles. The quantitative estimate of drug-likeness (QED) is 0.455. The Morgan fingerprint density at radius 2 is 1.19 bits per heavy atom. The fourth-order valence-electron chi connectivity index (χ4n) is 2.87. The molecule has 2 rings (SSSR count).